The Bertz CT molecular complexity index is 818. The van der Waals surface area contributed by atoms with Gasteiger partial charge < -0.3 is 0 Å². The molecule has 0 amide bonds. The molecule has 0 aliphatic rings. The van der Waals surface area contributed by atoms with Gasteiger partial charge in [-0.2, -0.15) is 0 Å². The van der Waals surface area contributed by atoms with Gasteiger partial charge in [0.05, 0.1) is 11.1 Å². The van der Waals surface area contributed by atoms with Crippen LogP contribution in [0.4, 0.5) is 4.39 Å². The Morgan fingerprint density at radius 2 is 1.85 bits per heavy atom. The molecule has 0 atom stereocenters. The number of aromatic nitrogens is 2. The van der Waals surface area contributed by atoms with Gasteiger partial charge in [-0.1, -0.05) is 35.3 Å². The van der Waals surface area contributed by atoms with E-state index in [2.05, 4.69) is 9.97 Å². The fourth-order valence-electron chi connectivity index (χ4n) is 2.00. The predicted octanol–water partition coefficient (Wildman–Crippen LogP) is 5.05. The van der Waals surface area contributed by atoms with Gasteiger partial charge in [-0.05, 0) is 36.8 Å². The van der Waals surface area contributed by atoms with E-state index in [9.17, 15) is 4.39 Å². The van der Waals surface area contributed by atoms with Gasteiger partial charge in [0.1, 0.15) is 11.0 Å². The highest BCUT2D eigenvalue weighted by atomic mass is 35.5. The van der Waals surface area contributed by atoms with E-state index in [4.69, 9.17) is 23.2 Å². The first-order valence-corrected chi connectivity index (χ1v) is 6.70. The summed E-state index contributed by atoms with van der Waals surface area (Å²) in [5, 5.41) is 1.46. The zero-order valence-corrected chi connectivity index (χ0v) is 12.0. The molecule has 0 fully saturated rings. The highest BCUT2D eigenvalue weighted by Crippen LogP contribution is 2.28. The second kappa shape index (κ2) is 5.00. The van der Waals surface area contributed by atoms with E-state index in [1.807, 2.05) is 0 Å². The molecule has 1 aromatic heterocycles. The molecule has 0 radical (unpaired) electrons. The third-order valence-corrected chi connectivity index (χ3v) is 3.57. The number of nitrogens with zero attached hydrogens (tertiary/aromatic N) is 2. The molecule has 0 unspecified atom stereocenters. The van der Waals surface area contributed by atoms with E-state index >= 15 is 0 Å². The van der Waals surface area contributed by atoms with Crippen LogP contribution in [0.1, 0.15) is 5.56 Å². The number of rotatable bonds is 1. The maximum Gasteiger partial charge on any atom is 0.164 e. The number of benzene rings is 2. The van der Waals surface area contributed by atoms with Crippen LogP contribution in [0.5, 0.6) is 0 Å². The van der Waals surface area contributed by atoms with Gasteiger partial charge in [-0.25, -0.2) is 14.4 Å². The summed E-state index contributed by atoms with van der Waals surface area (Å²) in [6.45, 7) is 1.70. The third kappa shape index (κ3) is 2.23. The van der Waals surface area contributed by atoms with Crippen LogP contribution in [-0.2, 0) is 0 Å². The predicted molar refractivity (Wildman–Crippen MR) is 79.7 cm³/mol. The van der Waals surface area contributed by atoms with Crippen molar-refractivity contribution in [2.24, 2.45) is 0 Å². The number of aryl methyl sites for hydroxylation is 1. The van der Waals surface area contributed by atoms with Gasteiger partial charge in [0, 0.05) is 10.4 Å². The molecule has 100 valence electrons. The zero-order chi connectivity index (χ0) is 14.3. The molecule has 5 heteroatoms. The van der Waals surface area contributed by atoms with Crippen molar-refractivity contribution >= 4 is 34.1 Å². The van der Waals surface area contributed by atoms with Crippen LogP contribution in [0.25, 0.3) is 22.3 Å². The number of halogens is 3. The number of hydrogen-bond donors (Lipinski definition) is 0. The molecule has 1 heterocycles. The standard InChI is InChI=1S/C15H9Cl2FN2/c1-8-3-2-4-10(13(8)18)15-19-12-6-5-9(16)7-11(12)14(17)20-15/h2-7H,1H3. The minimum absolute atomic E-state index is 0.258. The Morgan fingerprint density at radius 1 is 1.05 bits per heavy atom. The molecule has 0 saturated carbocycles. The van der Waals surface area contributed by atoms with Crippen LogP contribution in [0.2, 0.25) is 10.2 Å². The Morgan fingerprint density at radius 3 is 2.65 bits per heavy atom. The topological polar surface area (TPSA) is 25.8 Å². The van der Waals surface area contributed by atoms with Crippen molar-refractivity contribution in [2.45, 2.75) is 6.92 Å². The van der Waals surface area contributed by atoms with Crippen LogP contribution < -0.4 is 0 Å². The first-order valence-electron chi connectivity index (χ1n) is 5.94. The van der Waals surface area contributed by atoms with Crippen LogP contribution in [0.15, 0.2) is 36.4 Å². The van der Waals surface area contributed by atoms with Gasteiger partial charge in [0.15, 0.2) is 5.82 Å². The second-order valence-electron chi connectivity index (χ2n) is 4.44. The molecule has 0 aliphatic heterocycles. The minimum Gasteiger partial charge on any atom is -0.228 e. The summed E-state index contributed by atoms with van der Waals surface area (Å²) in [6.07, 6.45) is 0. The lowest BCUT2D eigenvalue weighted by molar-refractivity contribution is 0.621. The SMILES string of the molecule is Cc1cccc(-c2nc(Cl)c3cc(Cl)ccc3n2)c1F. The van der Waals surface area contributed by atoms with Crippen molar-refractivity contribution in [3.05, 3.63) is 58.0 Å². The molecular weight excluding hydrogens is 298 g/mol. The monoisotopic (exact) mass is 306 g/mol. The Balaban J connectivity index is 2.28. The first kappa shape index (κ1) is 13.3. The molecule has 20 heavy (non-hydrogen) atoms. The van der Waals surface area contributed by atoms with Gasteiger partial charge in [0.25, 0.3) is 0 Å². The largest absolute Gasteiger partial charge is 0.228 e. The maximum atomic E-state index is 14.1. The molecule has 0 aliphatic carbocycles. The second-order valence-corrected chi connectivity index (χ2v) is 5.23. The highest BCUT2D eigenvalue weighted by Gasteiger charge is 2.13. The third-order valence-electron chi connectivity index (χ3n) is 3.04. The molecule has 3 rings (SSSR count). The summed E-state index contributed by atoms with van der Waals surface area (Å²) in [5.41, 5.74) is 1.51. The average molecular weight is 307 g/mol. The van der Waals surface area contributed by atoms with Crippen molar-refractivity contribution in [1.82, 2.24) is 9.97 Å². The van der Waals surface area contributed by atoms with Gasteiger partial charge >= 0.3 is 0 Å². The maximum absolute atomic E-state index is 14.1. The number of fused-ring (bicyclic) bond motifs is 1. The van der Waals surface area contributed by atoms with Crippen LogP contribution in [0, 0.1) is 12.7 Å². The van der Waals surface area contributed by atoms with Gasteiger partial charge in [-0.15, -0.1) is 0 Å². The quantitative estimate of drug-likeness (QED) is 0.588. The van der Waals surface area contributed by atoms with Crippen molar-refractivity contribution in [2.75, 3.05) is 0 Å². The van der Waals surface area contributed by atoms with E-state index in [0.29, 0.717) is 27.1 Å². The van der Waals surface area contributed by atoms with Crippen molar-refractivity contribution in [3.63, 3.8) is 0 Å². The van der Waals surface area contributed by atoms with Crippen LogP contribution in [0.3, 0.4) is 0 Å². The highest BCUT2D eigenvalue weighted by molar-refractivity contribution is 6.35. The molecule has 0 N–H and O–H groups in total. The summed E-state index contributed by atoms with van der Waals surface area (Å²) in [5.74, 6) is -0.0668. The Kier molecular flexibility index (Phi) is 3.32. The summed E-state index contributed by atoms with van der Waals surface area (Å²) in [4.78, 5) is 8.53. The zero-order valence-electron chi connectivity index (χ0n) is 10.5. The van der Waals surface area contributed by atoms with Gasteiger partial charge in [0.2, 0.25) is 0 Å². The normalized spacial score (nSPS) is 11.0. The molecule has 2 nitrogen and oxygen atoms in total. The van der Waals surface area contributed by atoms with Crippen molar-refractivity contribution in [1.29, 1.82) is 0 Å². The van der Waals surface area contributed by atoms with E-state index in [-0.39, 0.29) is 16.8 Å². The fraction of sp³-hybridized carbons (Fsp3) is 0.0667. The lowest BCUT2D eigenvalue weighted by atomic mass is 10.1. The average Bonchev–Trinajstić information content (AvgIpc) is 2.42. The summed E-state index contributed by atoms with van der Waals surface area (Å²) in [7, 11) is 0. The molecule has 0 spiro atoms. The molecular formula is C15H9Cl2FN2. The molecule has 3 aromatic rings. The first-order chi connectivity index (χ1) is 9.56. The molecule has 2 aromatic carbocycles. The fourth-order valence-corrected chi connectivity index (χ4v) is 2.41. The minimum atomic E-state index is -0.336. The van der Waals surface area contributed by atoms with Crippen molar-refractivity contribution in [3.8, 4) is 11.4 Å². The van der Waals surface area contributed by atoms with Gasteiger partial charge in [-0.3, -0.25) is 0 Å². The van der Waals surface area contributed by atoms with E-state index in [0.717, 1.165) is 0 Å². The lowest BCUT2D eigenvalue weighted by Gasteiger charge is -2.07. The summed E-state index contributed by atoms with van der Waals surface area (Å²) < 4.78 is 14.1. The number of hydrogen-bond acceptors (Lipinski definition) is 2. The Labute approximate surface area is 125 Å². The lowest BCUT2D eigenvalue weighted by Crippen LogP contribution is -1.95. The van der Waals surface area contributed by atoms with Crippen molar-refractivity contribution < 1.29 is 4.39 Å². The van der Waals surface area contributed by atoms with Crippen LogP contribution in [-0.4, -0.2) is 9.97 Å². The van der Waals surface area contributed by atoms with E-state index < -0.39 is 0 Å². The molecule has 0 bridgehead atoms. The van der Waals surface area contributed by atoms with Crippen LogP contribution >= 0.6 is 23.2 Å². The molecule has 0 saturated heterocycles. The summed E-state index contributed by atoms with van der Waals surface area (Å²) >= 11 is 12.1. The van der Waals surface area contributed by atoms with E-state index in [1.54, 1.807) is 43.3 Å². The summed E-state index contributed by atoms with van der Waals surface area (Å²) in [6, 6.07) is 10.2. The smallest absolute Gasteiger partial charge is 0.164 e. The Hall–Kier alpha value is -1.71. The van der Waals surface area contributed by atoms with E-state index in [1.165, 1.54) is 0 Å².